The Morgan fingerprint density at radius 1 is 1.27 bits per heavy atom. The molecule has 0 spiro atoms. The van der Waals surface area contributed by atoms with Crippen LogP contribution in [0.25, 0.3) is 11.8 Å². The molecule has 10 heteroatoms. The molecule has 0 saturated carbocycles. The normalized spacial score (nSPS) is 15.4. The highest BCUT2D eigenvalue weighted by molar-refractivity contribution is 7.99. The first-order chi connectivity index (χ1) is 16.1. The molecule has 0 aliphatic carbocycles. The van der Waals surface area contributed by atoms with E-state index in [0.717, 1.165) is 43.1 Å². The molecule has 1 amide bonds. The fraction of sp³-hybridized carbons (Fsp3) is 0.391. The fourth-order valence-corrected chi connectivity index (χ4v) is 5.54. The average Bonchev–Trinajstić information content (AvgIpc) is 3.16. The monoisotopic (exact) mass is 482 g/mol. The first-order valence-electron chi connectivity index (χ1n) is 10.7. The number of thiazole rings is 1. The summed E-state index contributed by atoms with van der Waals surface area (Å²) in [5.41, 5.74) is 1.64. The van der Waals surface area contributed by atoms with Crippen LogP contribution in [0.1, 0.15) is 12.5 Å². The Kier molecular flexibility index (Phi) is 9.14. The number of thioether (sulfide) groups is 1. The second kappa shape index (κ2) is 12.3. The third-order valence-electron chi connectivity index (χ3n) is 5.22. The number of hydrogen-bond donors (Lipinski definition) is 2. The van der Waals surface area contributed by atoms with Crippen molar-refractivity contribution in [1.82, 2.24) is 14.8 Å². The number of carbonyl (C=O) groups excluding carboxylic acids is 1. The van der Waals surface area contributed by atoms with Gasteiger partial charge in [-0.25, -0.2) is 0 Å². The first kappa shape index (κ1) is 24.6. The van der Waals surface area contributed by atoms with Gasteiger partial charge in [-0.2, -0.15) is 22.3 Å². The lowest BCUT2D eigenvalue weighted by atomic mass is 10.1. The second-order valence-corrected chi connectivity index (χ2v) is 9.60. The first-order valence-corrected chi connectivity index (χ1v) is 12.7. The molecule has 2 aromatic rings. The number of amides is 1. The molecule has 0 atom stereocenters. The molecular weight excluding hydrogens is 456 g/mol. The van der Waals surface area contributed by atoms with E-state index in [4.69, 9.17) is 5.26 Å². The van der Waals surface area contributed by atoms with Gasteiger partial charge in [0.1, 0.15) is 21.8 Å². The quantitative estimate of drug-likeness (QED) is 0.532. The molecule has 0 unspecified atom stereocenters. The summed E-state index contributed by atoms with van der Waals surface area (Å²) in [5, 5.41) is 23.7. The molecule has 0 bridgehead atoms. The Balaban J connectivity index is 1.82. The number of nitriles is 2. The van der Waals surface area contributed by atoms with Gasteiger partial charge in [0.15, 0.2) is 5.57 Å². The molecule has 3 rings (SSSR count). The molecule has 1 saturated heterocycles. The fourth-order valence-electron chi connectivity index (χ4n) is 3.47. The smallest absolute Gasteiger partial charge is 0.270 e. The van der Waals surface area contributed by atoms with Crippen molar-refractivity contribution in [1.29, 1.82) is 10.5 Å². The lowest BCUT2D eigenvalue weighted by molar-refractivity contribution is -0.115. The van der Waals surface area contributed by atoms with Crippen molar-refractivity contribution >= 4 is 46.5 Å². The molecule has 172 valence electrons. The zero-order chi connectivity index (χ0) is 23.6. The van der Waals surface area contributed by atoms with E-state index in [0.29, 0.717) is 11.1 Å². The number of benzene rings is 1. The zero-order valence-corrected chi connectivity index (χ0v) is 20.1. The second-order valence-electron chi connectivity index (χ2n) is 7.34. The number of nitrogens with zero attached hydrogens (tertiary/aromatic N) is 4. The minimum Gasteiger partial charge on any atom is -0.360 e. The Morgan fingerprint density at radius 2 is 2.06 bits per heavy atom. The van der Waals surface area contributed by atoms with Crippen molar-refractivity contribution < 1.29 is 4.79 Å². The van der Waals surface area contributed by atoms with Crippen LogP contribution in [0.3, 0.4) is 0 Å². The van der Waals surface area contributed by atoms with Crippen LogP contribution < -0.4 is 25.4 Å². The highest BCUT2D eigenvalue weighted by Crippen LogP contribution is 2.13. The molecule has 8 nitrogen and oxygen atoms in total. The molecule has 2 N–H and O–H groups in total. The van der Waals surface area contributed by atoms with E-state index in [2.05, 4.69) is 27.7 Å². The van der Waals surface area contributed by atoms with E-state index >= 15 is 0 Å². The number of hydrogen-bond acceptors (Lipinski definition) is 8. The lowest BCUT2D eigenvalue weighted by Crippen LogP contribution is -2.34. The van der Waals surface area contributed by atoms with Crippen molar-refractivity contribution in [2.24, 2.45) is 0 Å². The van der Waals surface area contributed by atoms with Crippen LogP contribution in [-0.4, -0.2) is 53.1 Å². The van der Waals surface area contributed by atoms with Gasteiger partial charge < -0.3 is 15.5 Å². The molecule has 1 aliphatic rings. The predicted molar refractivity (Wildman–Crippen MR) is 133 cm³/mol. The molecular formula is C23H26N6O2S2. The summed E-state index contributed by atoms with van der Waals surface area (Å²) >= 11 is 3.08. The molecule has 33 heavy (non-hydrogen) atoms. The summed E-state index contributed by atoms with van der Waals surface area (Å²) in [5.74, 6) is 1.72. The minimum absolute atomic E-state index is 0.174. The SMILES string of the molecule is CCn1c(=O)/c(=C\Nc2cccc(CCN3CCSCC3)c2)s/c1=C(/C#N)C(=O)NCC#N. The van der Waals surface area contributed by atoms with Crippen molar-refractivity contribution in [3.8, 4) is 12.1 Å². The maximum absolute atomic E-state index is 12.8. The average molecular weight is 483 g/mol. The summed E-state index contributed by atoms with van der Waals surface area (Å²) in [6.45, 7) is 5.19. The molecule has 2 heterocycles. The maximum atomic E-state index is 12.8. The van der Waals surface area contributed by atoms with Gasteiger partial charge in [-0.05, 0) is 31.0 Å². The van der Waals surface area contributed by atoms with E-state index in [1.54, 1.807) is 19.2 Å². The summed E-state index contributed by atoms with van der Waals surface area (Å²) in [4.78, 5) is 27.6. The number of aromatic nitrogens is 1. The van der Waals surface area contributed by atoms with E-state index in [9.17, 15) is 14.9 Å². The van der Waals surface area contributed by atoms with Gasteiger partial charge in [0.2, 0.25) is 0 Å². The van der Waals surface area contributed by atoms with E-state index in [1.807, 2.05) is 30.0 Å². The largest absolute Gasteiger partial charge is 0.360 e. The molecule has 0 radical (unpaired) electrons. The Bertz CT molecular complexity index is 1250. The summed E-state index contributed by atoms with van der Waals surface area (Å²) in [6.07, 6.45) is 2.58. The Morgan fingerprint density at radius 3 is 2.76 bits per heavy atom. The van der Waals surface area contributed by atoms with Crippen LogP contribution in [0.15, 0.2) is 29.1 Å². The van der Waals surface area contributed by atoms with Gasteiger partial charge in [0, 0.05) is 49.6 Å². The van der Waals surface area contributed by atoms with Crippen LogP contribution in [-0.2, 0) is 17.8 Å². The van der Waals surface area contributed by atoms with Gasteiger partial charge in [0.25, 0.3) is 11.5 Å². The maximum Gasteiger partial charge on any atom is 0.270 e. The van der Waals surface area contributed by atoms with Gasteiger partial charge in [-0.1, -0.05) is 12.1 Å². The van der Waals surface area contributed by atoms with Crippen LogP contribution in [0, 0.1) is 22.7 Å². The Labute approximate surface area is 200 Å². The summed E-state index contributed by atoms with van der Waals surface area (Å²) in [6, 6.07) is 11.8. The molecule has 1 aliphatic heterocycles. The number of carbonyl (C=O) groups is 1. The molecule has 1 fully saturated rings. The van der Waals surface area contributed by atoms with Gasteiger partial charge in [-0.15, -0.1) is 11.3 Å². The van der Waals surface area contributed by atoms with Crippen molar-refractivity contribution in [3.05, 3.63) is 49.4 Å². The minimum atomic E-state index is -0.665. The van der Waals surface area contributed by atoms with Crippen LogP contribution in [0.2, 0.25) is 0 Å². The number of anilines is 1. The summed E-state index contributed by atoms with van der Waals surface area (Å²) in [7, 11) is 0. The highest BCUT2D eigenvalue weighted by atomic mass is 32.2. The van der Waals surface area contributed by atoms with Crippen molar-refractivity contribution in [2.75, 3.05) is 43.0 Å². The van der Waals surface area contributed by atoms with Gasteiger partial charge >= 0.3 is 0 Å². The summed E-state index contributed by atoms with van der Waals surface area (Å²) < 4.78 is 2.07. The standard InChI is InChI=1S/C23H26N6O2S2/c1-2-29-22(31)20(33-23(29)19(15-25)21(30)26-8-7-24)16-27-18-5-3-4-17(14-18)6-9-28-10-12-32-13-11-28/h3-5,14,16,27H,2,6,8-13H2,1H3,(H,26,30)/b20-16+,23-19-. The van der Waals surface area contributed by atoms with Gasteiger partial charge in [-0.3, -0.25) is 14.2 Å². The zero-order valence-electron chi connectivity index (χ0n) is 18.5. The van der Waals surface area contributed by atoms with E-state index < -0.39 is 5.91 Å². The molecule has 1 aromatic heterocycles. The number of rotatable bonds is 8. The Hall–Kier alpha value is -3.05. The van der Waals surface area contributed by atoms with Crippen molar-refractivity contribution in [2.45, 2.75) is 19.9 Å². The van der Waals surface area contributed by atoms with Crippen molar-refractivity contribution in [3.63, 3.8) is 0 Å². The highest BCUT2D eigenvalue weighted by Gasteiger charge is 2.15. The van der Waals surface area contributed by atoms with E-state index in [-0.39, 0.29) is 22.3 Å². The van der Waals surface area contributed by atoms with Crippen LogP contribution in [0.4, 0.5) is 5.69 Å². The predicted octanol–water partition coefficient (Wildman–Crippen LogP) is 0.685. The third-order valence-corrected chi connectivity index (χ3v) is 7.29. The van der Waals surface area contributed by atoms with Gasteiger partial charge in [0.05, 0.1) is 6.07 Å². The molecule has 1 aromatic carbocycles. The van der Waals surface area contributed by atoms with E-state index in [1.165, 1.54) is 21.6 Å². The lowest BCUT2D eigenvalue weighted by Gasteiger charge is -2.26. The topological polar surface area (TPSA) is 114 Å². The van der Waals surface area contributed by atoms with Crippen LogP contribution in [0.5, 0.6) is 0 Å². The van der Waals surface area contributed by atoms with Crippen LogP contribution >= 0.6 is 23.1 Å². The third kappa shape index (κ3) is 6.48. The number of nitrogens with one attached hydrogen (secondary N) is 2.